The van der Waals surface area contributed by atoms with E-state index in [0.717, 1.165) is 36.4 Å². The Morgan fingerprint density at radius 3 is 2.46 bits per heavy atom. The molecule has 2 fully saturated rings. The third-order valence-corrected chi connectivity index (χ3v) is 5.25. The summed E-state index contributed by atoms with van der Waals surface area (Å²) in [5.74, 6) is -1.67. The van der Waals surface area contributed by atoms with Gasteiger partial charge in [0.05, 0.1) is 0 Å². The molecule has 1 heterocycles. The largest absolute Gasteiger partial charge is 0.471 e. The van der Waals surface area contributed by atoms with Crippen molar-refractivity contribution in [3.63, 3.8) is 0 Å². The van der Waals surface area contributed by atoms with Crippen LogP contribution in [-0.2, 0) is 4.79 Å². The molecule has 2 aliphatic rings. The first-order valence-corrected chi connectivity index (χ1v) is 8.44. The molecule has 1 saturated carbocycles. The van der Waals surface area contributed by atoms with Gasteiger partial charge in [-0.2, -0.15) is 13.2 Å². The van der Waals surface area contributed by atoms with Crippen LogP contribution in [0.5, 0.6) is 0 Å². The van der Waals surface area contributed by atoms with Gasteiger partial charge in [0.15, 0.2) is 0 Å². The van der Waals surface area contributed by atoms with Crippen LogP contribution in [0.2, 0.25) is 0 Å². The van der Waals surface area contributed by atoms with Gasteiger partial charge in [-0.15, -0.1) is 0 Å². The summed E-state index contributed by atoms with van der Waals surface area (Å²) < 4.78 is 39.3. The maximum Gasteiger partial charge on any atom is 0.471 e. The van der Waals surface area contributed by atoms with Gasteiger partial charge < -0.3 is 10.2 Å². The molecule has 1 saturated heterocycles. The molecule has 0 radical (unpaired) electrons. The van der Waals surface area contributed by atoms with Crippen molar-refractivity contribution in [3.05, 3.63) is 35.9 Å². The maximum absolute atomic E-state index is 13.1. The Kier molecular flexibility index (Phi) is 4.60. The summed E-state index contributed by atoms with van der Waals surface area (Å²) in [7, 11) is 0. The Bertz CT molecular complexity index is 582. The first kappa shape index (κ1) is 17.3. The van der Waals surface area contributed by atoms with Gasteiger partial charge in [-0.25, -0.2) is 0 Å². The number of rotatable bonds is 4. The molecule has 24 heavy (non-hydrogen) atoms. The molecule has 132 valence electrons. The molecule has 0 bridgehead atoms. The second-order valence-electron chi connectivity index (χ2n) is 7.31. The summed E-state index contributed by atoms with van der Waals surface area (Å²) in [6.07, 6.45) is -2.62. The van der Waals surface area contributed by atoms with E-state index in [4.69, 9.17) is 0 Å². The van der Waals surface area contributed by atoms with E-state index < -0.39 is 12.1 Å². The van der Waals surface area contributed by atoms with E-state index in [9.17, 15) is 18.0 Å². The first-order chi connectivity index (χ1) is 11.3. The number of carbonyl (C=O) groups excluding carboxylic acids is 1. The lowest BCUT2D eigenvalue weighted by atomic mass is 9.80. The molecule has 3 rings (SSSR count). The van der Waals surface area contributed by atoms with Gasteiger partial charge in [0, 0.05) is 18.5 Å². The number of alkyl halides is 3. The summed E-state index contributed by atoms with van der Waals surface area (Å²) in [4.78, 5) is 13.1. The number of piperidine rings is 1. The Morgan fingerprint density at radius 2 is 1.88 bits per heavy atom. The van der Waals surface area contributed by atoms with Crippen LogP contribution in [0.4, 0.5) is 13.2 Å². The lowest BCUT2D eigenvalue weighted by Gasteiger charge is -2.39. The van der Waals surface area contributed by atoms with Crippen LogP contribution in [0.3, 0.4) is 0 Å². The highest BCUT2D eigenvalue weighted by molar-refractivity contribution is 5.82. The highest BCUT2D eigenvalue weighted by atomic mass is 19.4. The second-order valence-corrected chi connectivity index (χ2v) is 7.31. The molecule has 3 nitrogen and oxygen atoms in total. The molecule has 0 aromatic heterocycles. The van der Waals surface area contributed by atoms with Crippen molar-refractivity contribution >= 4 is 5.91 Å². The molecule has 2 unspecified atom stereocenters. The minimum Gasteiger partial charge on any atom is -0.331 e. The summed E-state index contributed by atoms with van der Waals surface area (Å²) >= 11 is 0. The molecule has 1 aliphatic heterocycles. The summed E-state index contributed by atoms with van der Waals surface area (Å²) in [5, 5.41) is 3.23. The number of nitrogens with one attached hydrogen (secondary N) is 1. The molecule has 1 aliphatic carbocycles. The normalized spacial score (nSPS) is 26.0. The Hall–Kier alpha value is -1.56. The third kappa shape index (κ3) is 3.74. The molecular formula is C18H23F3N2O. The van der Waals surface area contributed by atoms with Crippen molar-refractivity contribution in [1.82, 2.24) is 10.2 Å². The molecule has 1 amide bonds. The van der Waals surface area contributed by atoms with Crippen LogP contribution < -0.4 is 5.32 Å². The van der Waals surface area contributed by atoms with E-state index in [1.807, 2.05) is 37.3 Å². The lowest BCUT2D eigenvalue weighted by Crippen LogP contribution is -2.50. The van der Waals surface area contributed by atoms with Crippen molar-refractivity contribution in [2.24, 2.45) is 5.41 Å². The molecule has 1 N–H and O–H groups in total. The van der Waals surface area contributed by atoms with E-state index in [1.54, 1.807) is 0 Å². The average Bonchev–Trinajstić information content (AvgIpc) is 3.33. The van der Waals surface area contributed by atoms with Crippen molar-refractivity contribution < 1.29 is 18.0 Å². The smallest absolute Gasteiger partial charge is 0.331 e. The monoisotopic (exact) mass is 340 g/mol. The number of carbonyl (C=O) groups is 1. The Labute approximate surface area is 140 Å². The standard InChI is InChI=1S/C18H23F3N2O/c1-17(7-9-22-10-8-17)12-23(16(24)18(19,20)21)15-11-14(15)13-5-3-2-4-6-13/h2-6,14-15,22H,7-12H2,1H3. The van der Waals surface area contributed by atoms with Crippen LogP contribution in [0.15, 0.2) is 30.3 Å². The van der Waals surface area contributed by atoms with Crippen molar-refractivity contribution in [2.75, 3.05) is 19.6 Å². The summed E-state index contributed by atoms with van der Waals surface area (Å²) in [6.45, 7) is 3.75. The van der Waals surface area contributed by atoms with Gasteiger partial charge in [-0.05, 0) is 43.3 Å². The first-order valence-electron chi connectivity index (χ1n) is 8.44. The number of hydrogen-bond donors (Lipinski definition) is 1. The van der Waals surface area contributed by atoms with Crippen molar-refractivity contribution in [1.29, 1.82) is 0 Å². The van der Waals surface area contributed by atoms with Crippen molar-refractivity contribution in [3.8, 4) is 0 Å². The van der Waals surface area contributed by atoms with Crippen LogP contribution in [0.25, 0.3) is 0 Å². The minimum absolute atomic E-state index is 0.0165. The Balaban J connectivity index is 1.77. The molecule has 6 heteroatoms. The predicted molar refractivity (Wildman–Crippen MR) is 85.6 cm³/mol. The molecule has 2 atom stereocenters. The quantitative estimate of drug-likeness (QED) is 0.912. The predicted octanol–water partition coefficient (Wildman–Crippen LogP) is 3.32. The number of nitrogens with zero attached hydrogens (tertiary/aromatic N) is 1. The van der Waals surface area contributed by atoms with Crippen LogP contribution >= 0.6 is 0 Å². The molecule has 1 aromatic rings. The maximum atomic E-state index is 13.1. The van der Waals surface area contributed by atoms with E-state index in [1.165, 1.54) is 0 Å². The zero-order chi connectivity index (χ0) is 17.4. The van der Waals surface area contributed by atoms with E-state index in [-0.39, 0.29) is 23.9 Å². The number of amides is 1. The molecule has 0 spiro atoms. The third-order valence-electron chi connectivity index (χ3n) is 5.25. The molecule has 1 aromatic carbocycles. The van der Waals surface area contributed by atoms with E-state index >= 15 is 0 Å². The minimum atomic E-state index is -4.81. The number of hydrogen-bond acceptors (Lipinski definition) is 2. The lowest BCUT2D eigenvalue weighted by molar-refractivity contribution is -0.187. The number of benzene rings is 1. The van der Waals surface area contributed by atoms with Gasteiger partial charge in [-0.3, -0.25) is 4.79 Å². The van der Waals surface area contributed by atoms with Gasteiger partial charge in [0.2, 0.25) is 0 Å². The fourth-order valence-corrected chi connectivity index (χ4v) is 3.69. The van der Waals surface area contributed by atoms with Gasteiger partial charge >= 0.3 is 12.1 Å². The van der Waals surface area contributed by atoms with Gasteiger partial charge in [0.1, 0.15) is 0 Å². The Morgan fingerprint density at radius 1 is 1.25 bits per heavy atom. The SMILES string of the molecule is CC1(CN(C(=O)C(F)(F)F)C2CC2c2ccccc2)CCNCC1. The van der Waals surface area contributed by atoms with E-state index in [2.05, 4.69) is 5.32 Å². The van der Waals surface area contributed by atoms with E-state index in [0.29, 0.717) is 6.42 Å². The zero-order valence-corrected chi connectivity index (χ0v) is 13.8. The van der Waals surface area contributed by atoms with Crippen LogP contribution in [0, 0.1) is 5.41 Å². The summed E-state index contributed by atoms with van der Waals surface area (Å²) in [6, 6.07) is 9.16. The fourth-order valence-electron chi connectivity index (χ4n) is 3.69. The number of halogens is 3. The highest BCUT2D eigenvalue weighted by Gasteiger charge is 2.53. The van der Waals surface area contributed by atoms with Crippen LogP contribution in [-0.4, -0.2) is 42.7 Å². The molecular weight excluding hydrogens is 317 g/mol. The van der Waals surface area contributed by atoms with Crippen LogP contribution in [0.1, 0.15) is 37.7 Å². The van der Waals surface area contributed by atoms with Gasteiger partial charge in [0.25, 0.3) is 0 Å². The fraction of sp³-hybridized carbons (Fsp3) is 0.611. The van der Waals surface area contributed by atoms with Crippen molar-refractivity contribution in [2.45, 2.75) is 44.3 Å². The zero-order valence-electron chi connectivity index (χ0n) is 13.8. The van der Waals surface area contributed by atoms with Gasteiger partial charge in [-0.1, -0.05) is 37.3 Å². The summed E-state index contributed by atoms with van der Waals surface area (Å²) in [5.41, 5.74) is 0.758. The highest BCUT2D eigenvalue weighted by Crippen LogP contribution is 2.47. The topological polar surface area (TPSA) is 32.3 Å². The second kappa shape index (κ2) is 6.39. The average molecular weight is 340 g/mol.